The molecule has 2 amide bonds. The molecule has 4 rings (SSSR count). The molecule has 1 aromatic heterocycles. The molecule has 0 bridgehead atoms. The molecule has 1 N–H and O–H groups in total. The van der Waals surface area contributed by atoms with Crippen molar-refractivity contribution in [2.45, 2.75) is 18.4 Å². The summed E-state index contributed by atoms with van der Waals surface area (Å²) in [6.45, 7) is 2.89. The molecule has 1 aromatic carbocycles. The monoisotopic (exact) mass is 426 g/mol. The Labute approximate surface area is 180 Å². The quantitative estimate of drug-likeness (QED) is 0.717. The van der Waals surface area contributed by atoms with E-state index < -0.39 is 5.60 Å². The average Bonchev–Trinajstić information content (AvgIpc) is 3.21. The van der Waals surface area contributed by atoms with Gasteiger partial charge in [0.05, 0.1) is 13.2 Å². The van der Waals surface area contributed by atoms with Crippen molar-refractivity contribution in [2.24, 2.45) is 0 Å². The Morgan fingerprint density at radius 1 is 1.27 bits per heavy atom. The summed E-state index contributed by atoms with van der Waals surface area (Å²) in [5.41, 5.74) is 0.279. The van der Waals surface area contributed by atoms with Gasteiger partial charge in [-0.3, -0.25) is 14.5 Å². The lowest BCUT2D eigenvalue weighted by atomic mass is 9.95. The van der Waals surface area contributed by atoms with Gasteiger partial charge in [0.1, 0.15) is 0 Å². The fraction of sp³-hybridized carbons (Fsp3) is 0.409. The lowest BCUT2D eigenvalue weighted by Gasteiger charge is -2.42. The van der Waals surface area contributed by atoms with Gasteiger partial charge in [-0.15, -0.1) is 11.3 Å². The van der Waals surface area contributed by atoms with Crippen LogP contribution in [0, 0.1) is 0 Å². The molecular weight excluding hydrogens is 400 g/mol. The minimum atomic E-state index is -0.927. The second-order valence-corrected chi connectivity index (χ2v) is 8.50. The molecule has 30 heavy (non-hydrogen) atoms. The largest absolute Gasteiger partial charge is 0.362 e. The number of ether oxygens (including phenoxy) is 1. The number of benzene rings is 1. The van der Waals surface area contributed by atoms with Crippen LogP contribution in [0.3, 0.4) is 0 Å². The maximum Gasteiger partial charge on any atom is 0.256 e. The number of carbonyl (C=O) groups is 2. The van der Waals surface area contributed by atoms with Gasteiger partial charge in [0.2, 0.25) is 5.91 Å². The number of carbonyl (C=O) groups excluding carboxylic acids is 2. The van der Waals surface area contributed by atoms with E-state index in [0.29, 0.717) is 44.3 Å². The van der Waals surface area contributed by atoms with Crippen molar-refractivity contribution >= 4 is 28.3 Å². The van der Waals surface area contributed by atoms with Gasteiger partial charge in [0, 0.05) is 44.2 Å². The zero-order valence-electron chi connectivity index (χ0n) is 16.8. The lowest BCUT2D eigenvalue weighted by molar-refractivity contribution is -0.170. The first-order valence-corrected chi connectivity index (χ1v) is 11.1. The molecule has 8 heteroatoms. The molecule has 0 aliphatic carbocycles. The first-order chi connectivity index (χ1) is 14.6. The minimum Gasteiger partial charge on any atom is -0.362 e. The van der Waals surface area contributed by atoms with Crippen LogP contribution in [0.25, 0.3) is 0 Å². The van der Waals surface area contributed by atoms with Crippen molar-refractivity contribution < 1.29 is 14.3 Å². The summed E-state index contributed by atoms with van der Waals surface area (Å²) in [5, 5.41) is 5.21. The second kappa shape index (κ2) is 9.51. The highest BCUT2D eigenvalue weighted by Crippen LogP contribution is 2.27. The average molecular weight is 427 g/mol. The van der Waals surface area contributed by atoms with E-state index in [4.69, 9.17) is 4.74 Å². The van der Waals surface area contributed by atoms with Crippen molar-refractivity contribution in [2.75, 3.05) is 44.6 Å². The van der Waals surface area contributed by atoms with E-state index in [2.05, 4.69) is 22.4 Å². The molecule has 1 fully saturated rings. The van der Waals surface area contributed by atoms with Crippen LogP contribution < -0.4 is 5.32 Å². The molecule has 2 aromatic rings. The molecule has 1 spiro atoms. The Balaban J connectivity index is 1.40. The summed E-state index contributed by atoms with van der Waals surface area (Å²) in [4.78, 5) is 33.8. The van der Waals surface area contributed by atoms with E-state index in [0.717, 1.165) is 6.42 Å². The first-order valence-electron chi connectivity index (χ1n) is 10.2. The second-order valence-electron chi connectivity index (χ2n) is 7.60. The van der Waals surface area contributed by atoms with Crippen LogP contribution >= 0.6 is 11.3 Å². The number of hydrogen-bond acceptors (Lipinski definition) is 6. The topological polar surface area (TPSA) is 74.8 Å². The van der Waals surface area contributed by atoms with Gasteiger partial charge >= 0.3 is 0 Å². The van der Waals surface area contributed by atoms with Crippen LogP contribution in [0.15, 0.2) is 54.1 Å². The van der Waals surface area contributed by atoms with E-state index in [-0.39, 0.29) is 18.4 Å². The highest BCUT2D eigenvalue weighted by Gasteiger charge is 2.46. The van der Waals surface area contributed by atoms with Crippen molar-refractivity contribution in [1.82, 2.24) is 14.8 Å². The molecule has 3 heterocycles. The van der Waals surface area contributed by atoms with Crippen molar-refractivity contribution in [3.8, 4) is 0 Å². The number of amides is 2. The van der Waals surface area contributed by atoms with Gasteiger partial charge in [-0.25, -0.2) is 4.98 Å². The zero-order chi connectivity index (χ0) is 20.8. The third-order valence-electron chi connectivity index (χ3n) is 5.44. The Bertz CT molecular complexity index is 887. The number of rotatable bonds is 6. The van der Waals surface area contributed by atoms with E-state index in [1.54, 1.807) is 6.20 Å². The molecule has 0 saturated carbocycles. The minimum absolute atomic E-state index is 0.00784. The Kier molecular flexibility index (Phi) is 6.56. The first kappa shape index (κ1) is 20.7. The Hall–Kier alpha value is -2.55. The number of aromatic nitrogens is 1. The number of hydrogen-bond donors (Lipinski definition) is 1. The van der Waals surface area contributed by atoms with Gasteiger partial charge in [-0.2, -0.15) is 0 Å². The van der Waals surface area contributed by atoms with Crippen molar-refractivity contribution in [3.05, 3.63) is 59.6 Å². The van der Waals surface area contributed by atoms with E-state index >= 15 is 0 Å². The number of anilines is 1. The predicted molar refractivity (Wildman–Crippen MR) is 116 cm³/mol. The molecule has 2 aliphatic rings. The smallest absolute Gasteiger partial charge is 0.256 e. The Morgan fingerprint density at radius 3 is 2.93 bits per heavy atom. The van der Waals surface area contributed by atoms with E-state index in [1.807, 2.05) is 45.5 Å². The molecular formula is C22H26N4O3S. The maximum atomic E-state index is 13.5. The predicted octanol–water partition coefficient (Wildman–Crippen LogP) is 2.18. The van der Waals surface area contributed by atoms with Gasteiger partial charge in [-0.05, 0) is 12.0 Å². The third-order valence-corrected chi connectivity index (χ3v) is 6.13. The fourth-order valence-electron chi connectivity index (χ4n) is 3.93. The third kappa shape index (κ3) is 4.95. The summed E-state index contributed by atoms with van der Waals surface area (Å²) < 4.78 is 6.07. The molecule has 7 nitrogen and oxygen atoms in total. The van der Waals surface area contributed by atoms with E-state index in [1.165, 1.54) is 16.9 Å². The zero-order valence-corrected chi connectivity index (χ0v) is 17.6. The highest BCUT2D eigenvalue weighted by atomic mass is 32.1. The van der Waals surface area contributed by atoms with Crippen molar-refractivity contribution in [3.63, 3.8) is 0 Å². The number of thiazole rings is 1. The van der Waals surface area contributed by atoms with Crippen LogP contribution in [-0.4, -0.2) is 71.5 Å². The summed E-state index contributed by atoms with van der Waals surface area (Å²) in [6, 6.07) is 10.2. The Morgan fingerprint density at radius 2 is 2.13 bits per heavy atom. The molecule has 2 aliphatic heterocycles. The fourth-order valence-corrected chi connectivity index (χ4v) is 4.47. The van der Waals surface area contributed by atoms with Crippen molar-refractivity contribution in [1.29, 1.82) is 0 Å². The molecule has 158 valence electrons. The van der Waals surface area contributed by atoms with E-state index in [9.17, 15) is 9.59 Å². The van der Waals surface area contributed by atoms with Crippen LogP contribution in [0.1, 0.15) is 12.0 Å². The van der Waals surface area contributed by atoms with Gasteiger partial charge in [-0.1, -0.05) is 42.5 Å². The maximum absolute atomic E-state index is 13.5. The molecule has 1 atom stereocenters. The molecule has 0 unspecified atom stereocenters. The van der Waals surface area contributed by atoms with Gasteiger partial charge in [0.25, 0.3) is 5.91 Å². The molecule has 0 radical (unpaired) electrons. The van der Waals surface area contributed by atoms with Gasteiger partial charge in [0.15, 0.2) is 10.7 Å². The standard InChI is InChI=1S/C22H26N4O3S/c27-19(24-21-23-10-15-30-21)16-25-13-14-29-22(17-25)9-4-5-11-26(20(22)28)12-8-18-6-2-1-3-7-18/h1-7,10,15H,8-9,11-14,16-17H2,(H,23,24,27)/t22-/m0/s1. The summed E-state index contributed by atoms with van der Waals surface area (Å²) >= 11 is 1.39. The normalized spacial score (nSPS) is 22.3. The summed E-state index contributed by atoms with van der Waals surface area (Å²) in [5.74, 6) is -0.118. The van der Waals surface area contributed by atoms with Crippen LogP contribution in [0.4, 0.5) is 5.13 Å². The van der Waals surface area contributed by atoms with Crippen LogP contribution in [-0.2, 0) is 20.7 Å². The molecule has 1 saturated heterocycles. The highest BCUT2D eigenvalue weighted by molar-refractivity contribution is 7.13. The summed E-state index contributed by atoms with van der Waals surface area (Å²) in [6.07, 6.45) is 7.05. The number of nitrogens with zero attached hydrogens (tertiary/aromatic N) is 3. The summed E-state index contributed by atoms with van der Waals surface area (Å²) in [7, 11) is 0. The lowest BCUT2D eigenvalue weighted by Crippen LogP contribution is -2.61. The van der Waals surface area contributed by atoms with Crippen LogP contribution in [0.2, 0.25) is 0 Å². The SMILES string of the molecule is O=C(CN1CCO[C@@]2(CC=CCN(CCc3ccccc3)C2=O)C1)Nc1nccs1. The number of nitrogens with one attached hydrogen (secondary N) is 1. The van der Waals surface area contributed by atoms with Gasteiger partial charge < -0.3 is 15.0 Å². The number of morpholine rings is 1. The van der Waals surface area contributed by atoms with Crippen LogP contribution in [0.5, 0.6) is 0 Å².